The quantitative estimate of drug-likeness (QED) is 0.737. The molecule has 108 valence electrons. The van der Waals surface area contributed by atoms with Gasteiger partial charge in [0, 0.05) is 12.2 Å². The van der Waals surface area contributed by atoms with E-state index >= 15 is 0 Å². The summed E-state index contributed by atoms with van der Waals surface area (Å²) < 4.78 is 22.5. The molecular weight excluding hydrogens is 288 g/mol. The van der Waals surface area contributed by atoms with E-state index in [9.17, 15) is 8.42 Å². The summed E-state index contributed by atoms with van der Waals surface area (Å²) in [4.78, 5) is -0.0913. The number of nitrogens with two attached hydrogens (primary N) is 2. The Hall–Kier alpha value is -2.56. The second kappa shape index (κ2) is 5.83. The van der Waals surface area contributed by atoms with E-state index in [0.29, 0.717) is 17.8 Å². The summed E-state index contributed by atoms with van der Waals surface area (Å²) in [5.74, 6) is 0. The number of nitrogens with zero attached hydrogens (tertiary/aromatic N) is 1. The van der Waals surface area contributed by atoms with Crippen LogP contribution in [0.2, 0.25) is 0 Å². The fraction of sp³-hybridized carbons (Fsp3) is 0.0714. The predicted molar refractivity (Wildman–Crippen MR) is 80.7 cm³/mol. The largest absolute Gasteiger partial charge is 0.398 e. The first-order valence-corrected chi connectivity index (χ1v) is 7.60. The first-order chi connectivity index (χ1) is 9.90. The van der Waals surface area contributed by atoms with Crippen LogP contribution in [0, 0.1) is 11.3 Å². The van der Waals surface area contributed by atoms with Crippen LogP contribution in [0.1, 0.15) is 11.1 Å². The Kier molecular flexibility index (Phi) is 4.12. The second-order valence-electron chi connectivity index (χ2n) is 4.46. The molecular formula is C14H14N4O2S. The van der Waals surface area contributed by atoms with Crippen LogP contribution in [0.4, 0.5) is 11.4 Å². The van der Waals surface area contributed by atoms with Crippen molar-refractivity contribution in [1.29, 1.82) is 5.26 Å². The minimum absolute atomic E-state index is 0.0913. The van der Waals surface area contributed by atoms with E-state index in [1.807, 2.05) is 12.1 Å². The van der Waals surface area contributed by atoms with Gasteiger partial charge in [0.1, 0.15) is 4.90 Å². The van der Waals surface area contributed by atoms with E-state index in [1.165, 1.54) is 12.1 Å². The molecule has 0 unspecified atom stereocenters. The van der Waals surface area contributed by atoms with E-state index in [0.717, 1.165) is 5.56 Å². The van der Waals surface area contributed by atoms with Crippen molar-refractivity contribution < 1.29 is 8.42 Å². The third kappa shape index (κ3) is 3.72. The molecule has 0 aliphatic carbocycles. The molecule has 6 nitrogen and oxygen atoms in total. The van der Waals surface area contributed by atoms with Crippen LogP contribution in [0.25, 0.3) is 0 Å². The molecule has 0 heterocycles. The Labute approximate surface area is 123 Å². The molecule has 0 amide bonds. The Morgan fingerprint density at radius 2 is 1.81 bits per heavy atom. The highest BCUT2D eigenvalue weighted by Gasteiger charge is 2.12. The zero-order valence-electron chi connectivity index (χ0n) is 11.1. The molecule has 2 aromatic rings. The first kappa shape index (κ1) is 14.8. The Balaban J connectivity index is 2.10. The lowest BCUT2D eigenvalue weighted by molar-refractivity contribution is 0.598. The minimum atomic E-state index is -3.81. The molecule has 0 radical (unpaired) electrons. The van der Waals surface area contributed by atoms with Gasteiger partial charge in [0.25, 0.3) is 0 Å². The summed E-state index contributed by atoms with van der Waals surface area (Å²) in [6, 6.07) is 13.7. The number of nitrogen functional groups attached to an aromatic ring is 1. The summed E-state index contributed by atoms with van der Waals surface area (Å²) in [6.45, 7) is 0.528. The maximum absolute atomic E-state index is 11.3. The highest BCUT2D eigenvalue weighted by atomic mass is 32.2. The lowest BCUT2D eigenvalue weighted by Gasteiger charge is -2.09. The zero-order chi connectivity index (χ0) is 15.5. The summed E-state index contributed by atoms with van der Waals surface area (Å²) >= 11 is 0. The van der Waals surface area contributed by atoms with Gasteiger partial charge in [-0.25, -0.2) is 13.6 Å². The summed E-state index contributed by atoms with van der Waals surface area (Å²) in [5, 5.41) is 16.9. The van der Waals surface area contributed by atoms with Crippen LogP contribution < -0.4 is 16.2 Å². The predicted octanol–water partition coefficient (Wildman–Crippen LogP) is 1.40. The Morgan fingerprint density at radius 1 is 1.14 bits per heavy atom. The Morgan fingerprint density at radius 3 is 2.33 bits per heavy atom. The van der Waals surface area contributed by atoms with Crippen molar-refractivity contribution >= 4 is 21.4 Å². The maximum atomic E-state index is 11.3. The van der Waals surface area contributed by atoms with Crippen molar-refractivity contribution in [2.45, 2.75) is 11.4 Å². The molecule has 7 heteroatoms. The standard InChI is InChI=1S/C14H14N4O2S/c15-8-10-1-3-11(4-2-10)9-18-12-5-6-14(13(16)7-12)21(17,19)20/h1-7,18H,9,16H2,(H2,17,19,20). The van der Waals surface area contributed by atoms with Crippen molar-refractivity contribution in [2.24, 2.45) is 5.14 Å². The molecule has 0 atom stereocenters. The van der Waals surface area contributed by atoms with Crippen LogP contribution >= 0.6 is 0 Å². The monoisotopic (exact) mass is 302 g/mol. The first-order valence-electron chi connectivity index (χ1n) is 6.05. The third-order valence-corrected chi connectivity index (χ3v) is 3.88. The molecule has 0 aromatic heterocycles. The van der Waals surface area contributed by atoms with Gasteiger partial charge in [0.15, 0.2) is 0 Å². The second-order valence-corrected chi connectivity index (χ2v) is 5.99. The molecule has 0 fully saturated rings. The van der Waals surface area contributed by atoms with Crippen molar-refractivity contribution in [3.8, 4) is 6.07 Å². The average molecular weight is 302 g/mol. The van der Waals surface area contributed by atoms with E-state index in [-0.39, 0.29) is 10.6 Å². The molecule has 0 bridgehead atoms. The lowest BCUT2D eigenvalue weighted by Crippen LogP contribution is -2.14. The zero-order valence-corrected chi connectivity index (χ0v) is 11.9. The summed E-state index contributed by atoms with van der Waals surface area (Å²) in [7, 11) is -3.81. The van der Waals surface area contributed by atoms with Gasteiger partial charge in [-0.15, -0.1) is 0 Å². The number of nitriles is 1. The van der Waals surface area contributed by atoms with Gasteiger partial charge in [-0.05, 0) is 35.9 Å². The van der Waals surface area contributed by atoms with Crippen molar-refractivity contribution in [3.05, 3.63) is 53.6 Å². The van der Waals surface area contributed by atoms with E-state index in [1.54, 1.807) is 18.2 Å². The van der Waals surface area contributed by atoms with Gasteiger partial charge in [-0.3, -0.25) is 0 Å². The van der Waals surface area contributed by atoms with Gasteiger partial charge >= 0.3 is 0 Å². The minimum Gasteiger partial charge on any atom is -0.398 e. The fourth-order valence-electron chi connectivity index (χ4n) is 1.82. The SMILES string of the molecule is N#Cc1ccc(CNc2ccc(S(N)(=O)=O)c(N)c2)cc1. The third-order valence-electron chi connectivity index (χ3n) is 2.90. The molecule has 21 heavy (non-hydrogen) atoms. The number of rotatable bonds is 4. The fourth-order valence-corrected chi connectivity index (χ4v) is 2.46. The molecule has 5 N–H and O–H groups in total. The number of sulfonamides is 1. The summed E-state index contributed by atoms with van der Waals surface area (Å²) in [6.07, 6.45) is 0. The van der Waals surface area contributed by atoms with Gasteiger partial charge in [-0.2, -0.15) is 5.26 Å². The number of anilines is 2. The highest BCUT2D eigenvalue weighted by Crippen LogP contribution is 2.21. The number of hydrogen-bond acceptors (Lipinski definition) is 5. The van der Waals surface area contributed by atoms with Crippen molar-refractivity contribution in [2.75, 3.05) is 11.1 Å². The Bertz CT molecular complexity index is 793. The van der Waals surface area contributed by atoms with Crippen molar-refractivity contribution in [3.63, 3.8) is 0 Å². The summed E-state index contributed by atoms with van der Waals surface area (Å²) in [5.41, 5.74) is 8.05. The number of benzene rings is 2. The van der Waals surface area contributed by atoms with Crippen LogP contribution in [0.3, 0.4) is 0 Å². The van der Waals surface area contributed by atoms with Gasteiger partial charge in [-0.1, -0.05) is 12.1 Å². The van der Waals surface area contributed by atoms with E-state index < -0.39 is 10.0 Å². The van der Waals surface area contributed by atoms with Crippen LogP contribution in [0.15, 0.2) is 47.4 Å². The highest BCUT2D eigenvalue weighted by molar-refractivity contribution is 7.89. The molecule has 2 aromatic carbocycles. The average Bonchev–Trinajstić information content (AvgIpc) is 2.44. The maximum Gasteiger partial charge on any atom is 0.240 e. The van der Waals surface area contributed by atoms with E-state index in [4.69, 9.17) is 16.1 Å². The van der Waals surface area contributed by atoms with Crippen LogP contribution in [-0.4, -0.2) is 8.42 Å². The topological polar surface area (TPSA) is 122 Å². The molecule has 0 saturated heterocycles. The van der Waals surface area contributed by atoms with Gasteiger partial charge in [0.2, 0.25) is 10.0 Å². The normalized spacial score (nSPS) is 10.9. The molecule has 0 aliphatic rings. The number of primary sulfonamides is 1. The number of nitrogens with one attached hydrogen (secondary N) is 1. The molecule has 2 rings (SSSR count). The van der Waals surface area contributed by atoms with Gasteiger partial charge < -0.3 is 11.1 Å². The van der Waals surface area contributed by atoms with Crippen molar-refractivity contribution in [1.82, 2.24) is 0 Å². The number of hydrogen-bond donors (Lipinski definition) is 3. The van der Waals surface area contributed by atoms with E-state index in [2.05, 4.69) is 11.4 Å². The van der Waals surface area contributed by atoms with Crippen LogP contribution in [-0.2, 0) is 16.6 Å². The molecule has 0 aliphatic heterocycles. The molecule has 0 saturated carbocycles. The lowest BCUT2D eigenvalue weighted by atomic mass is 10.1. The van der Waals surface area contributed by atoms with Gasteiger partial charge in [0.05, 0.1) is 17.3 Å². The smallest absolute Gasteiger partial charge is 0.240 e. The molecule has 0 spiro atoms. The van der Waals surface area contributed by atoms with Crippen LogP contribution in [0.5, 0.6) is 0 Å².